The molecule has 0 unspecified atom stereocenters. The zero-order chi connectivity index (χ0) is 25.2. The number of aryl methyl sites for hydroxylation is 1. The summed E-state index contributed by atoms with van der Waals surface area (Å²) >= 11 is 0. The zero-order valence-corrected chi connectivity index (χ0v) is 18.8. The summed E-state index contributed by atoms with van der Waals surface area (Å²) < 4.78 is 31.1. The summed E-state index contributed by atoms with van der Waals surface area (Å²) in [5.74, 6) is -1.66. The minimum absolute atomic E-state index is 0.0963. The first-order valence-corrected chi connectivity index (χ1v) is 10.5. The molecule has 0 aliphatic heterocycles. The molecule has 0 aliphatic rings. The van der Waals surface area contributed by atoms with Crippen LogP contribution in [0, 0.1) is 28.7 Å². The van der Waals surface area contributed by atoms with E-state index in [1.165, 1.54) is 40.3 Å². The van der Waals surface area contributed by atoms with E-state index >= 15 is 0 Å². The van der Waals surface area contributed by atoms with Crippen molar-refractivity contribution in [1.82, 2.24) is 29.5 Å². The van der Waals surface area contributed by atoms with Crippen LogP contribution in [0.3, 0.4) is 0 Å². The molecule has 3 heterocycles. The van der Waals surface area contributed by atoms with Gasteiger partial charge in [-0.15, -0.1) is 0 Å². The third kappa shape index (κ3) is 4.96. The fraction of sp³-hybridized carbons (Fsp3) is 0.217. The van der Waals surface area contributed by atoms with Gasteiger partial charge in [-0.05, 0) is 37.6 Å². The fourth-order valence-corrected chi connectivity index (χ4v) is 3.73. The maximum absolute atomic E-state index is 14.7. The highest BCUT2D eigenvalue weighted by Gasteiger charge is 2.40. The number of hydrogen-bond acceptors (Lipinski definition) is 7. The Labute approximate surface area is 198 Å². The molecule has 3 aromatic heterocycles. The maximum Gasteiger partial charge on any atom is 0.287 e. The van der Waals surface area contributed by atoms with E-state index in [-0.39, 0.29) is 17.8 Å². The van der Waals surface area contributed by atoms with Gasteiger partial charge in [0.05, 0.1) is 29.4 Å². The first-order chi connectivity index (χ1) is 16.7. The molecule has 12 heteroatoms. The molecule has 10 nitrogen and oxygen atoms in total. The molecule has 0 saturated heterocycles. The Hall–Kier alpha value is -4.32. The highest BCUT2D eigenvalue weighted by molar-refractivity contribution is 5.69. The van der Waals surface area contributed by atoms with Crippen molar-refractivity contribution in [1.29, 1.82) is 0 Å². The fourth-order valence-electron chi connectivity index (χ4n) is 3.73. The van der Waals surface area contributed by atoms with Gasteiger partial charge >= 0.3 is 0 Å². The van der Waals surface area contributed by atoms with Gasteiger partial charge in [0.2, 0.25) is 0 Å². The molecule has 4 aromatic rings. The molecule has 2 atom stereocenters. The van der Waals surface area contributed by atoms with E-state index in [1.54, 1.807) is 38.4 Å². The number of nitrogens with zero attached hydrogens (tertiary/aromatic N) is 7. The van der Waals surface area contributed by atoms with Crippen molar-refractivity contribution >= 4 is 17.8 Å². The Morgan fingerprint density at radius 3 is 2.69 bits per heavy atom. The molecule has 1 N–H and O–H groups in total. The lowest BCUT2D eigenvalue weighted by Gasteiger charge is -2.34. The highest BCUT2D eigenvalue weighted by Crippen LogP contribution is 2.36. The molecule has 180 valence electrons. The second-order valence-electron chi connectivity index (χ2n) is 8.06. The lowest BCUT2D eigenvalue weighted by molar-refractivity contribution is -0.385. The summed E-state index contributed by atoms with van der Waals surface area (Å²) in [5.41, 5.74) is -0.229. The van der Waals surface area contributed by atoms with Crippen LogP contribution >= 0.6 is 0 Å². The molecule has 0 spiro atoms. The van der Waals surface area contributed by atoms with Crippen LogP contribution in [0.4, 0.5) is 14.5 Å². The maximum atomic E-state index is 14.7. The van der Waals surface area contributed by atoms with Gasteiger partial charge in [0.15, 0.2) is 0 Å². The van der Waals surface area contributed by atoms with E-state index < -0.39 is 28.2 Å². The Bertz CT molecular complexity index is 1390. The number of hydrogen-bond donors (Lipinski definition) is 1. The van der Waals surface area contributed by atoms with E-state index in [0.717, 1.165) is 6.07 Å². The van der Waals surface area contributed by atoms with Gasteiger partial charge in [0, 0.05) is 29.5 Å². The Kier molecular flexibility index (Phi) is 6.47. The third-order valence-electron chi connectivity index (χ3n) is 5.73. The monoisotopic (exact) mass is 481 g/mol. The quantitative estimate of drug-likeness (QED) is 0.301. The zero-order valence-electron chi connectivity index (χ0n) is 18.8. The Morgan fingerprint density at radius 1 is 1.23 bits per heavy atom. The second-order valence-corrected chi connectivity index (χ2v) is 8.06. The number of aliphatic hydroxyl groups is 1. The molecule has 0 amide bonds. The van der Waals surface area contributed by atoms with Gasteiger partial charge in [-0.2, -0.15) is 10.2 Å². The molecule has 0 bridgehead atoms. The first kappa shape index (κ1) is 23.8. The van der Waals surface area contributed by atoms with Gasteiger partial charge in [-0.1, -0.05) is 6.07 Å². The van der Waals surface area contributed by atoms with Crippen molar-refractivity contribution in [3.8, 4) is 0 Å². The standard InChI is InChI=1S/C23H21F2N7O3/c1-15-7-19(32(34)35)10-27-22(15)6-3-17-9-28-31(11-17)16(2)23(33,12-30-14-26-13-29-30)20-5-4-18(24)8-21(20)25/h3-11,13-14,16,33H,12H2,1-2H3/b6-3+/t16-,23-/m1/s1. The predicted molar refractivity (Wildman–Crippen MR) is 122 cm³/mol. The van der Waals surface area contributed by atoms with Crippen LogP contribution < -0.4 is 0 Å². The van der Waals surface area contributed by atoms with Crippen molar-refractivity contribution in [2.75, 3.05) is 0 Å². The Morgan fingerprint density at radius 2 is 2.03 bits per heavy atom. The smallest absolute Gasteiger partial charge is 0.287 e. The van der Waals surface area contributed by atoms with Crippen LogP contribution in [-0.2, 0) is 12.1 Å². The molecule has 1 aromatic carbocycles. The largest absolute Gasteiger partial charge is 0.381 e. The third-order valence-corrected chi connectivity index (χ3v) is 5.73. The molecular formula is C23H21F2N7O3. The van der Waals surface area contributed by atoms with Crippen molar-refractivity contribution in [2.45, 2.75) is 32.0 Å². The highest BCUT2D eigenvalue weighted by atomic mass is 19.1. The van der Waals surface area contributed by atoms with Crippen molar-refractivity contribution < 1.29 is 18.8 Å². The average Bonchev–Trinajstić information content (AvgIpc) is 3.49. The van der Waals surface area contributed by atoms with Gasteiger partial charge in [-0.3, -0.25) is 14.8 Å². The number of benzene rings is 1. The number of pyridine rings is 1. The van der Waals surface area contributed by atoms with Crippen LogP contribution in [0.25, 0.3) is 12.2 Å². The van der Waals surface area contributed by atoms with Gasteiger partial charge < -0.3 is 5.11 Å². The Balaban J connectivity index is 1.64. The second kappa shape index (κ2) is 9.50. The molecule has 4 rings (SSSR count). The summed E-state index contributed by atoms with van der Waals surface area (Å²) in [6.07, 6.45) is 10.5. The van der Waals surface area contributed by atoms with Crippen molar-refractivity contribution in [3.05, 3.63) is 99.6 Å². The number of halogens is 2. The summed E-state index contributed by atoms with van der Waals surface area (Å²) in [6, 6.07) is 3.62. The summed E-state index contributed by atoms with van der Waals surface area (Å²) in [6.45, 7) is 3.21. The van der Waals surface area contributed by atoms with E-state index in [1.807, 2.05) is 0 Å². The molecule has 0 radical (unpaired) electrons. The van der Waals surface area contributed by atoms with E-state index in [2.05, 4.69) is 20.2 Å². The topological polar surface area (TPSA) is 125 Å². The lowest BCUT2D eigenvalue weighted by Crippen LogP contribution is -2.40. The van der Waals surface area contributed by atoms with Crippen molar-refractivity contribution in [2.24, 2.45) is 0 Å². The predicted octanol–water partition coefficient (Wildman–Crippen LogP) is 3.68. The number of nitro groups is 1. The average molecular weight is 481 g/mol. The summed E-state index contributed by atoms with van der Waals surface area (Å²) in [7, 11) is 0. The first-order valence-electron chi connectivity index (χ1n) is 10.5. The van der Waals surface area contributed by atoms with Gasteiger partial charge in [0.1, 0.15) is 36.1 Å². The lowest BCUT2D eigenvalue weighted by atomic mass is 9.86. The van der Waals surface area contributed by atoms with Crippen LogP contribution in [0.15, 0.2) is 55.5 Å². The SMILES string of the molecule is Cc1cc([N+](=O)[O-])cnc1/C=C/c1cnn([C@H](C)[C@](O)(Cn2cncn2)c2ccc(F)cc2F)c1. The number of rotatable bonds is 8. The molecule has 0 aliphatic carbocycles. The van der Waals surface area contributed by atoms with E-state index in [9.17, 15) is 24.0 Å². The molecule has 0 fully saturated rings. The van der Waals surface area contributed by atoms with Crippen LogP contribution in [0.5, 0.6) is 0 Å². The summed E-state index contributed by atoms with van der Waals surface area (Å²) in [5, 5.41) is 30.9. The minimum Gasteiger partial charge on any atom is -0.381 e. The molecule has 35 heavy (non-hydrogen) atoms. The van der Waals surface area contributed by atoms with Gasteiger partial charge in [0.25, 0.3) is 5.69 Å². The normalized spacial score (nSPS) is 14.2. The van der Waals surface area contributed by atoms with Crippen LogP contribution in [-0.4, -0.2) is 39.6 Å². The minimum atomic E-state index is -1.85. The van der Waals surface area contributed by atoms with Crippen LogP contribution in [0.1, 0.15) is 35.3 Å². The van der Waals surface area contributed by atoms with Crippen molar-refractivity contribution in [3.63, 3.8) is 0 Å². The summed E-state index contributed by atoms with van der Waals surface area (Å²) in [4.78, 5) is 18.4. The van der Waals surface area contributed by atoms with E-state index in [0.29, 0.717) is 22.9 Å². The van der Waals surface area contributed by atoms with E-state index in [4.69, 9.17) is 0 Å². The number of aromatic nitrogens is 6. The van der Waals surface area contributed by atoms with Gasteiger partial charge in [-0.25, -0.2) is 23.4 Å². The molecule has 0 saturated carbocycles. The molecular weight excluding hydrogens is 460 g/mol. The van der Waals surface area contributed by atoms with Crippen LogP contribution in [0.2, 0.25) is 0 Å².